The van der Waals surface area contributed by atoms with Crippen LogP contribution in [0.25, 0.3) is 11.1 Å². The van der Waals surface area contributed by atoms with Crippen molar-refractivity contribution >= 4 is 35.0 Å². The van der Waals surface area contributed by atoms with Gasteiger partial charge in [-0.05, 0) is 85.3 Å². The number of Topliss-reactive ketones (excluding diaryl/α,β-unsaturated/α-hetero) is 1. The van der Waals surface area contributed by atoms with Crippen molar-refractivity contribution in [1.82, 2.24) is 15.3 Å². The predicted molar refractivity (Wildman–Crippen MR) is 239 cm³/mol. The van der Waals surface area contributed by atoms with Crippen LogP contribution >= 0.6 is 23.2 Å². The van der Waals surface area contributed by atoms with Gasteiger partial charge in [-0.3, -0.25) is 24.9 Å². The highest BCUT2D eigenvalue weighted by Crippen LogP contribution is 2.37. The Kier molecular flexibility index (Phi) is 15.2. The molecule has 0 radical (unpaired) electrons. The number of nitrogens with one attached hydrogen (secondary N) is 1. The SMILES string of the molecule is CC(=O)c1cc(Cl)c(OCc2cccc(-c3cccc(COc4cc(OCc5cncc(C#N)c5)c(CN[C@@](C)(CO)C(=O)O)cc4Cl)c3C)c2C)cc1OCc1cncc(C#N)c1. The average Bonchev–Trinajstić information content (AvgIpc) is 3.29. The quantitative estimate of drug-likeness (QED) is 0.0651. The molecule has 0 fully saturated rings. The molecule has 4 aromatic carbocycles. The number of hydrogen-bond acceptors (Lipinski definition) is 12. The molecule has 0 unspecified atom stereocenters. The molecule has 2 heterocycles. The van der Waals surface area contributed by atoms with Crippen LogP contribution in [0, 0.1) is 36.5 Å². The number of aliphatic hydroxyl groups is 1. The van der Waals surface area contributed by atoms with Gasteiger partial charge in [0.05, 0.1) is 33.3 Å². The lowest BCUT2D eigenvalue weighted by Crippen LogP contribution is -2.52. The largest absolute Gasteiger partial charge is 0.488 e. The molecule has 0 amide bonds. The number of nitriles is 2. The zero-order valence-electron chi connectivity index (χ0n) is 35.4. The minimum atomic E-state index is -1.62. The van der Waals surface area contributed by atoms with Crippen molar-refractivity contribution in [2.24, 2.45) is 0 Å². The fourth-order valence-electron chi connectivity index (χ4n) is 6.64. The van der Waals surface area contributed by atoms with E-state index in [-0.39, 0.29) is 54.6 Å². The van der Waals surface area contributed by atoms with Crippen LogP contribution in [0.4, 0.5) is 0 Å². The first-order valence-corrected chi connectivity index (χ1v) is 20.6. The predicted octanol–water partition coefficient (Wildman–Crippen LogP) is 9.25. The molecule has 0 aliphatic heterocycles. The molecule has 0 spiro atoms. The maximum atomic E-state index is 12.5. The molecule has 0 saturated heterocycles. The number of carboxylic acid groups (broad SMARTS) is 1. The number of aliphatic hydroxyl groups excluding tert-OH is 1. The number of benzene rings is 4. The van der Waals surface area contributed by atoms with Crippen LogP contribution in [0.5, 0.6) is 23.0 Å². The molecular weight excluding hydrogens is 857 g/mol. The van der Waals surface area contributed by atoms with Crippen molar-refractivity contribution in [2.45, 2.75) is 66.2 Å². The van der Waals surface area contributed by atoms with Gasteiger partial charge >= 0.3 is 5.97 Å². The van der Waals surface area contributed by atoms with E-state index in [0.29, 0.717) is 50.6 Å². The molecule has 6 aromatic rings. The topological polar surface area (TPSA) is 197 Å². The molecule has 6 rings (SSSR count). The number of nitrogens with zero attached hydrogens (tertiary/aromatic N) is 4. The number of hydrogen-bond donors (Lipinski definition) is 3. The Morgan fingerprint density at radius 1 is 0.688 bits per heavy atom. The lowest BCUT2D eigenvalue weighted by Gasteiger charge is -2.25. The number of pyridine rings is 2. The second-order valence-electron chi connectivity index (χ2n) is 15.1. The monoisotopic (exact) mass is 899 g/mol. The van der Waals surface area contributed by atoms with Crippen molar-refractivity contribution in [1.29, 1.82) is 10.5 Å². The summed E-state index contributed by atoms with van der Waals surface area (Å²) in [7, 11) is 0. The van der Waals surface area contributed by atoms with Crippen molar-refractivity contribution in [2.75, 3.05) is 6.61 Å². The minimum absolute atomic E-state index is 0.00704. The smallest absolute Gasteiger partial charge is 0.326 e. The highest BCUT2D eigenvalue weighted by atomic mass is 35.5. The van der Waals surface area contributed by atoms with Gasteiger partial charge < -0.3 is 29.2 Å². The van der Waals surface area contributed by atoms with Gasteiger partial charge in [0.2, 0.25) is 0 Å². The standard InChI is InChI=1S/C49H43Cl2N5O8/c1-29-36(26-63-46-15-44(61-24-34-11-32(17-52)19-54-21-34)38(13-42(46)50)23-56-49(4,28-57)48(59)60)7-5-9-39(29)40-10-6-8-37(30(40)2)27-64-47-16-45(41(31(3)58)14-43(47)51)62-25-35-12-33(18-53)20-55-22-35/h5-16,19-22,56-57H,23-28H2,1-4H3,(H,59,60)/t49-/m0/s1. The van der Waals surface area contributed by atoms with E-state index in [4.69, 9.17) is 42.1 Å². The van der Waals surface area contributed by atoms with E-state index in [0.717, 1.165) is 33.4 Å². The van der Waals surface area contributed by atoms with Crippen molar-refractivity contribution in [3.63, 3.8) is 0 Å². The number of aromatic nitrogens is 2. The van der Waals surface area contributed by atoms with E-state index in [9.17, 15) is 30.3 Å². The zero-order valence-corrected chi connectivity index (χ0v) is 36.9. The molecule has 0 saturated carbocycles. The van der Waals surface area contributed by atoms with E-state index in [1.807, 2.05) is 50.2 Å². The van der Waals surface area contributed by atoms with Crippen molar-refractivity contribution in [3.05, 3.63) is 163 Å². The number of carbonyl (C=O) groups is 2. The Morgan fingerprint density at radius 3 is 1.66 bits per heavy atom. The average molecular weight is 901 g/mol. The maximum Gasteiger partial charge on any atom is 0.326 e. The molecule has 3 N–H and O–H groups in total. The highest BCUT2D eigenvalue weighted by Gasteiger charge is 2.32. The van der Waals surface area contributed by atoms with Crippen LogP contribution < -0.4 is 24.3 Å². The first kappa shape index (κ1) is 46.5. The summed E-state index contributed by atoms with van der Waals surface area (Å²) >= 11 is 13.4. The third-order valence-corrected chi connectivity index (χ3v) is 11.2. The number of halogens is 2. The molecule has 0 aliphatic rings. The Balaban J connectivity index is 1.20. The van der Waals surface area contributed by atoms with Crippen LogP contribution in [0.2, 0.25) is 10.0 Å². The summed E-state index contributed by atoms with van der Waals surface area (Å²) in [5.74, 6) is -0.179. The van der Waals surface area contributed by atoms with Gasteiger partial charge in [-0.1, -0.05) is 59.6 Å². The Labute approximate surface area is 380 Å². The van der Waals surface area contributed by atoms with Crippen LogP contribution in [-0.2, 0) is 37.8 Å². The van der Waals surface area contributed by atoms with E-state index in [2.05, 4.69) is 27.4 Å². The van der Waals surface area contributed by atoms with Crippen LogP contribution in [0.15, 0.2) is 97.6 Å². The maximum absolute atomic E-state index is 12.5. The van der Waals surface area contributed by atoms with Gasteiger partial charge in [0.25, 0.3) is 0 Å². The molecule has 0 aliphatic carbocycles. The Hall–Kier alpha value is -7.00. The summed E-state index contributed by atoms with van der Waals surface area (Å²) in [6.07, 6.45) is 6.07. The van der Waals surface area contributed by atoms with Crippen LogP contribution in [-0.4, -0.2) is 44.1 Å². The van der Waals surface area contributed by atoms with Gasteiger partial charge in [-0.2, -0.15) is 10.5 Å². The van der Waals surface area contributed by atoms with E-state index in [1.54, 1.807) is 42.7 Å². The zero-order chi connectivity index (χ0) is 46.0. The molecule has 64 heavy (non-hydrogen) atoms. The van der Waals surface area contributed by atoms with Gasteiger partial charge in [-0.25, -0.2) is 0 Å². The first-order chi connectivity index (χ1) is 30.7. The number of aliphatic carboxylic acids is 1. The molecule has 13 nitrogen and oxygen atoms in total. The lowest BCUT2D eigenvalue weighted by atomic mass is 9.92. The second-order valence-corrected chi connectivity index (χ2v) is 15.9. The van der Waals surface area contributed by atoms with Crippen molar-refractivity contribution in [3.8, 4) is 46.3 Å². The summed E-state index contributed by atoms with van der Waals surface area (Å²) in [5, 5.41) is 41.5. The van der Waals surface area contributed by atoms with E-state index in [1.165, 1.54) is 32.3 Å². The Morgan fingerprint density at radius 2 is 1.17 bits per heavy atom. The third-order valence-electron chi connectivity index (χ3n) is 10.6. The lowest BCUT2D eigenvalue weighted by molar-refractivity contribution is -0.145. The second kappa shape index (κ2) is 20.9. The molecule has 2 aromatic heterocycles. The summed E-state index contributed by atoms with van der Waals surface area (Å²) in [6.45, 7) is 6.59. The normalized spacial score (nSPS) is 11.8. The molecule has 326 valence electrons. The van der Waals surface area contributed by atoms with Crippen LogP contribution in [0.3, 0.4) is 0 Å². The Bertz CT molecular complexity index is 2800. The molecular formula is C49H43Cl2N5O8. The minimum Gasteiger partial charge on any atom is -0.488 e. The van der Waals surface area contributed by atoms with Gasteiger partial charge in [0, 0.05) is 60.2 Å². The fraction of sp³-hybridized carbons (Fsp3) is 0.224. The first-order valence-electron chi connectivity index (χ1n) is 19.9. The van der Waals surface area contributed by atoms with Crippen LogP contribution in [0.1, 0.15) is 74.3 Å². The summed E-state index contributed by atoms with van der Waals surface area (Å²) in [6, 6.07) is 25.7. The highest BCUT2D eigenvalue weighted by molar-refractivity contribution is 6.32. The summed E-state index contributed by atoms with van der Waals surface area (Å²) in [4.78, 5) is 32.6. The van der Waals surface area contributed by atoms with Gasteiger partial charge in [0.1, 0.15) is 67.1 Å². The summed E-state index contributed by atoms with van der Waals surface area (Å²) < 4.78 is 24.8. The number of carbonyl (C=O) groups excluding carboxylic acids is 1. The number of ketones is 1. The third kappa shape index (κ3) is 11.1. The van der Waals surface area contributed by atoms with Crippen molar-refractivity contribution < 1.29 is 38.7 Å². The fourth-order valence-corrected chi connectivity index (χ4v) is 7.10. The number of rotatable bonds is 19. The molecule has 1 atom stereocenters. The molecule has 15 heteroatoms. The summed E-state index contributed by atoms with van der Waals surface area (Å²) in [5.41, 5.74) is 6.94. The van der Waals surface area contributed by atoms with E-state index >= 15 is 0 Å². The van der Waals surface area contributed by atoms with Gasteiger partial charge in [0.15, 0.2) is 5.78 Å². The van der Waals surface area contributed by atoms with E-state index < -0.39 is 18.1 Å². The number of ether oxygens (including phenoxy) is 4. The number of carboxylic acids is 1. The van der Waals surface area contributed by atoms with Gasteiger partial charge in [-0.15, -0.1) is 0 Å². The molecule has 0 bridgehead atoms.